The minimum Gasteiger partial charge on any atom is -0.338 e. The Morgan fingerprint density at radius 2 is 1.86 bits per heavy atom. The van der Waals surface area contributed by atoms with E-state index in [1.807, 2.05) is 16.9 Å². The zero-order chi connectivity index (χ0) is 20.4. The van der Waals surface area contributed by atoms with Crippen molar-refractivity contribution in [1.82, 2.24) is 19.2 Å². The molecule has 0 spiro atoms. The summed E-state index contributed by atoms with van der Waals surface area (Å²) in [7, 11) is 0. The number of carbonyl (C=O) groups excluding carboxylic acids is 1. The van der Waals surface area contributed by atoms with Gasteiger partial charge in [-0.05, 0) is 67.6 Å². The van der Waals surface area contributed by atoms with Gasteiger partial charge in [-0.2, -0.15) is 5.10 Å². The maximum Gasteiger partial charge on any atom is 0.268 e. The Morgan fingerprint density at radius 3 is 2.52 bits per heavy atom. The van der Waals surface area contributed by atoms with Crippen LogP contribution in [0.25, 0.3) is 5.69 Å². The molecule has 1 aliphatic rings. The minimum absolute atomic E-state index is 0.183. The maximum absolute atomic E-state index is 13.2. The van der Waals surface area contributed by atoms with Crippen molar-refractivity contribution in [2.45, 2.75) is 26.3 Å². The number of aryl methyl sites for hydroxylation is 1. The molecule has 0 bridgehead atoms. The van der Waals surface area contributed by atoms with Gasteiger partial charge in [0.15, 0.2) is 0 Å². The molecule has 3 aromatic rings. The highest BCUT2D eigenvalue weighted by Gasteiger charge is 2.27. The number of piperidine rings is 1. The van der Waals surface area contributed by atoms with Gasteiger partial charge in [0.25, 0.3) is 11.5 Å². The first-order valence-corrected chi connectivity index (χ1v) is 9.78. The second kappa shape index (κ2) is 8.03. The number of benzene rings is 1. The fourth-order valence-electron chi connectivity index (χ4n) is 3.84. The van der Waals surface area contributed by atoms with Crippen LogP contribution in [0.2, 0.25) is 0 Å². The molecule has 1 aliphatic heterocycles. The summed E-state index contributed by atoms with van der Waals surface area (Å²) in [6.45, 7) is 3.86. The van der Waals surface area contributed by atoms with Crippen molar-refractivity contribution in [3.05, 3.63) is 82.3 Å². The first-order valence-electron chi connectivity index (χ1n) is 9.78. The average Bonchev–Trinajstić information content (AvgIpc) is 3.22. The normalized spacial score (nSPS) is 14.9. The summed E-state index contributed by atoms with van der Waals surface area (Å²) in [6, 6.07) is 9.31. The molecule has 1 amide bonds. The molecule has 0 radical (unpaired) electrons. The molecule has 1 saturated heterocycles. The lowest BCUT2D eigenvalue weighted by atomic mass is 9.96. The first-order chi connectivity index (χ1) is 14.0. The van der Waals surface area contributed by atoms with Gasteiger partial charge in [-0.1, -0.05) is 0 Å². The van der Waals surface area contributed by atoms with E-state index in [-0.39, 0.29) is 22.8 Å². The summed E-state index contributed by atoms with van der Waals surface area (Å²) >= 11 is 0. The Bertz CT molecular complexity index is 1050. The fourth-order valence-corrected chi connectivity index (χ4v) is 3.84. The summed E-state index contributed by atoms with van der Waals surface area (Å²) in [6.07, 6.45) is 7.09. The summed E-state index contributed by atoms with van der Waals surface area (Å²) < 4.78 is 16.5. The van der Waals surface area contributed by atoms with Crippen LogP contribution in [0, 0.1) is 18.7 Å². The topological polar surface area (TPSA) is 60.1 Å². The van der Waals surface area contributed by atoms with Crippen molar-refractivity contribution >= 4 is 5.91 Å². The second-order valence-electron chi connectivity index (χ2n) is 7.49. The molecule has 1 aromatic carbocycles. The lowest BCUT2D eigenvalue weighted by Crippen LogP contribution is -2.42. The zero-order valence-corrected chi connectivity index (χ0v) is 16.3. The molecule has 7 heteroatoms. The third-order valence-electron chi connectivity index (χ3n) is 5.53. The lowest BCUT2D eigenvalue weighted by Gasteiger charge is -2.32. The molecule has 3 heterocycles. The molecule has 1 fully saturated rings. The Labute approximate surface area is 168 Å². The number of hydrogen-bond acceptors (Lipinski definition) is 3. The van der Waals surface area contributed by atoms with Crippen LogP contribution in [0.4, 0.5) is 4.39 Å². The second-order valence-corrected chi connectivity index (χ2v) is 7.49. The van der Waals surface area contributed by atoms with Crippen LogP contribution in [0.1, 0.15) is 28.8 Å². The van der Waals surface area contributed by atoms with Crippen LogP contribution in [0.5, 0.6) is 0 Å². The third kappa shape index (κ3) is 3.99. The number of amides is 1. The zero-order valence-electron chi connectivity index (χ0n) is 16.3. The van der Waals surface area contributed by atoms with Crippen molar-refractivity contribution in [3.63, 3.8) is 0 Å². The molecule has 0 N–H and O–H groups in total. The Balaban J connectivity index is 1.52. The van der Waals surface area contributed by atoms with E-state index in [9.17, 15) is 14.0 Å². The highest BCUT2D eigenvalue weighted by Crippen LogP contribution is 2.21. The smallest absolute Gasteiger partial charge is 0.268 e. The predicted octanol–water partition coefficient (Wildman–Crippen LogP) is 3.03. The average molecular weight is 394 g/mol. The first kappa shape index (κ1) is 19.1. The summed E-state index contributed by atoms with van der Waals surface area (Å²) in [4.78, 5) is 27.9. The third-order valence-corrected chi connectivity index (χ3v) is 5.53. The standard InChI is InChI=1S/C22H23FN4O2/c1-16-7-14-27(19-5-3-18(23)4-6-19)22(29)20(16)21(28)25-12-8-17(9-13-25)15-26-11-2-10-24-26/h2-7,10-11,14,17H,8-9,12-13,15H2,1H3. The van der Waals surface area contributed by atoms with E-state index >= 15 is 0 Å². The lowest BCUT2D eigenvalue weighted by molar-refractivity contribution is 0.0678. The van der Waals surface area contributed by atoms with E-state index < -0.39 is 0 Å². The SMILES string of the molecule is Cc1ccn(-c2ccc(F)cc2)c(=O)c1C(=O)N1CCC(Cn2cccn2)CC1. The Hall–Kier alpha value is -3.22. The summed E-state index contributed by atoms with van der Waals surface area (Å²) in [5.74, 6) is -0.142. The van der Waals surface area contributed by atoms with Crippen molar-refractivity contribution in [1.29, 1.82) is 0 Å². The molecule has 0 unspecified atom stereocenters. The van der Waals surface area contributed by atoms with Crippen LogP contribution in [0.3, 0.4) is 0 Å². The number of nitrogens with zero attached hydrogens (tertiary/aromatic N) is 4. The van der Waals surface area contributed by atoms with E-state index in [0.29, 0.717) is 30.3 Å². The number of hydrogen-bond donors (Lipinski definition) is 0. The van der Waals surface area contributed by atoms with Crippen molar-refractivity contribution in [3.8, 4) is 5.69 Å². The molecule has 150 valence electrons. The minimum atomic E-state index is -0.375. The van der Waals surface area contributed by atoms with Crippen molar-refractivity contribution in [2.75, 3.05) is 13.1 Å². The van der Waals surface area contributed by atoms with Gasteiger partial charge in [-0.15, -0.1) is 0 Å². The monoisotopic (exact) mass is 394 g/mol. The fraction of sp³-hybridized carbons (Fsp3) is 0.318. The number of likely N-dealkylation sites (tertiary alicyclic amines) is 1. The summed E-state index contributed by atoms with van der Waals surface area (Å²) in [5, 5.41) is 4.25. The number of carbonyl (C=O) groups is 1. The van der Waals surface area contributed by atoms with Gasteiger partial charge >= 0.3 is 0 Å². The van der Waals surface area contributed by atoms with Crippen LogP contribution >= 0.6 is 0 Å². The molecule has 0 saturated carbocycles. The number of halogens is 1. The van der Waals surface area contributed by atoms with Crippen LogP contribution in [-0.4, -0.2) is 38.2 Å². The van der Waals surface area contributed by atoms with Gasteiger partial charge in [0, 0.05) is 43.9 Å². The van der Waals surface area contributed by atoms with Gasteiger partial charge in [0.2, 0.25) is 0 Å². The Morgan fingerprint density at radius 1 is 1.14 bits per heavy atom. The quantitative estimate of drug-likeness (QED) is 0.683. The highest BCUT2D eigenvalue weighted by atomic mass is 19.1. The molecule has 29 heavy (non-hydrogen) atoms. The van der Waals surface area contributed by atoms with Crippen LogP contribution in [-0.2, 0) is 6.54 Å². The van der Waals surface area contributed by atoms with Gasteiger partial charge < -0.3 is 4.90 Å². The van der Waals surface area contributed by atoms with E-state index in [2.05, 4.69) is 5.10 Å². The molecule has 2 aromatic heterocycles. The van der Waals surface area contributed by atoms with E-state index in [0.717, 1.165) is 19.4 Å². The largest absolute Gasteiger partial charge is 0.338 e. The van der Waals surface area contributed by atoms with Crippen LogP contribution in [0.15, 0.2) is 59.8 Å². The molecule has 0 aliphatic carbocycles. The number of pyridine rings is 1. The van der Waals surface area contributed by atoms with E-state index in [1.165, 1.54) is 28.8 Å². The van der Waals surface area contributed by atoms with Crippen molar-refractivity contribution < 1.29 is 9.18 Å². The Kier molecular flexibility index (Phi) is 5.29. The predicted molar refractivity (Wildman–Crippen MR) is 108 cm³/mol. The molecular formula is C22H23FN4O2. The number of aromatic nitrogens is 3. The van der Waals surface area contributed by atoms with Gasteiger partial charge in [0.1, 0.15) is 11.4 Å². The van der Waals surface area contributed by atoms with Gasteiger partial charge in [0.05, 0.1) is 0 Å². The molecule has 6 nitrogen and oxygen atoms in total. The molecule has 4 rings (SSSR count). The van der Waals surface area contributed by atoms with Crippen LogP contribution < -0.4 is 5.56 Å². The van der Waals surface area contributed by atoms with E-state index in [1.54, 1.807) is 30.3 Å². The van der Waals surface area contributed by atoms with Gasteiger partial charge in [-0.3, -0.25) is 18.8 Å². The maximum atomic E-state index is 13.2. The highest BCUT2D eigenvalue weighted by molar-refractivity contribution is 5.95. The van der Waals surface area contributed by atoms with Gasteiger partial charge in [-0.25, -0.2) is 4.39 Å². The molecule has 0 atom stereocenters. The van der Waals surface area contributed by atoms with E-state index in [4.69, 9.17) is 0 Å². The molecular weight excluding hydrogens is 371 g/mol. The summed E-state index contributed by atoms with van der Waals surface area (Å²) in [5.41, 5.74) is 0.989. The number of rotatable bonds is 4. The van der Waals surface area contributed by atoms with Crippen molar-refractivity contribution in [2.24, 2.45) is 5.92 Å².